The van der Waals surface area contributed by atoms with E-state index in [1.807, 2.05) is 0 Å². The highest BCUT2D eigenvalue weighted by atomic mass is 15.1. The Labute approximate surface area is 106 Å². The molecule has 0 aromatic heterocycles. The Kier molecular flexibility index (Phi) is 4.72. The van der Waals surface area contributed by atoms with E-state index >= 15 is 0 Å². The van der Waals surface area contributed by atoms with Crippen molar-refractivity contribution >= 4 is 0 Å². The van der Waals surface area contributed by atoms with E-state index < -0.39 is 0 Å². The van der Waals surface area contributed by atoms with Gasteiger partial charge in [-0.1, -0.05) is 30.3 Å². The highest BCUT2D eigenvalue weighted by molar-refractivity contribution is 5.14. The zero-order chi connectivity index (χ0) is 12.9. The van der Waals surface area contributed by atoms with E-state index in [1.54, 1.807) is 0 Å². The van der Waals surface area contributed by atoms with Crippen LogP contribution >= 0.6 is 0 Å². The van der Waals surface area contributed by atoms with E-state index in [1.165, 1.54) is 5.56 Å². The highest BCUT2D eigenvalue weighted by Gasteiger charge is 2.23. The third kappa shape index (κ3) is 6.44. The third-order valence-corrected chi connectivity index (χ3v) is 2.45. The molecule has 17 heavy (non-hydrogen) atoms. The lowest BCUT2D eigenvalue weighted by Gasteiger charge is -2.35. The van der Waals surface area contributed by atoms with Crippen molar-refractivity contribution in [3.63, 3.8) is 0 Å². The molecule has 1 rings (SSSR count). The van der Waals surface area contributed by atoms with Gasteiger partial charge in [-0.15, -0.1) is 0 Å². The maximum atomic E-state index is 3.62. The lowest BCUT2D eigenvalue weighted by molar-refractivity contribution is 0.272. The van der Waals surface area contributed by atoms with Crippen LogP contribution in [-0.2, 0) is 6.54 Å². The van der Waals surface area contributed by atoms with Crippen LogP contribution in [-0.4, -0.2) is 17.6 Å². The molecule has 2 nitrogen and oxygen atoms in total. The van der Waals surface area contributed by atoms with Gasteiger partial charge in [-0.05, 0) is 40.2 Å². The minimum atomic E-state index is 0.104. The molecule has 0 radical (unpaired) electrons. The van der Waals surface area contributed by atoms with Crippen LogP contribution in [0.15, 0.2) is 30.3 Å². The van der Waals surface area contributed by atoms with E-state index in [4.69, 9.17) is 0 Å². The van der Waals surface area contributed by atoms with Crippen LogP contribution in [0, 0.1) is 0 Å². The standard InChI is InChI=1S/C15H26N2/c1-14(2,3)17-15(4,5)12-16-11-13-9-7-6-8-10-13/h6-10,16-17H,11-12H2,1-5H3. The fourth-order valence-electron chi connectivity index (χ4n) is 2.17. The number of rotatable bonds is 5. The smallest absolute Gasteiger partial charge is 0.0254 e. The number of hydrogen-bond acceptors (Lipinski definition) is 2. The van der Waals surface area contributed by atoms with Crippen LogP contribution in [0.3, 0.4) is 0 Å². The summed E-state index contributed by atoms with van der Waals surface area (Å²) in [6.45, 7) is 12.9. The Morgan fingerprint density at radius 2 is 1.53 bits per heavy atom. The molecule has 0 fully saturated rings. The molecule has 0 aliphatic carbocycles. The van der Waals surface area contributed by atoms with Gasteiger partial charge in [0.05, 0.1) is 0 Å². The fraction of sp³-hybridized carbons (Fsp3) is 0.600. The van der Waals surface area contributed by atoms with Gasteiger partial charge in [0.15, 0.2) is 0 Å². The predicted octanol–water partition coefficient (Wildman–Crippen LogP) is 2.94. The number of benzene rings is 1. The summed E-state index contributed by atoms with van der Waals surface area (Å²) in [6, 6.07) is 10.5. The van der Waals surface area contributed by atoms with Crippen molar-refractivity contribution in [2.45, 2.75) is 52.2 Å². The molecule has 0 spiro atoms. The van der Waals surface area contributed by atoms with Gasteiger partial charge in [-0.2, -0.15) is 0 Å². The Bertz CT molecular complexity index is 323. The SMILES string of the molecule is CC(C)(C)NC(C)(C)CNCc1ccccc1. The molecule has 0 unspecified atom stereocenters. The summed E-state index contributed by atoms with van der Waals surface area (Å²) in [6.07, 6.45) is 0. The zero-order valence-corrected chi connectivity index (χ0v) is 11.8. The van der Waals surface area contributed by atoms with Gasteiger partial charge >= 0.3 is 0 Å². The highest BCUT2D eigenvalue weighted by Crippen LogP contribution is 2.09. The van der Waals surface area contributed by atoms with E-state index in [2.05, 4.69) is 75.6 Å². The zero-order valence-electron chi connectivity index (χ0n) is 11.8. The number of hydrogen-bond donors (Lipinski definition) is 2. The van der Waals surface area contributed by atoms with Gasteiger partial charge < -0.3 is 10.6 Å². The minimum Gasteiger partial charge on any atom is -0.311 e. The summed E-state index contributed by atoms with van der Waals surface area (Å²) in [5.74, 6) is 0. The molecular weight excluding hydrogens is 208 g/mol. The summed E-state index contributed by atoms with van der Waals surface area (Å²) >= 11 is 0. The molecule has 1 aromatic rings. The maximum absolute atomic E-state index is 3.62. The van der Waals surface area contributed by atoms with E-state index in [0.29, 0.717) is 0 Å². The monoisotopic (exact) mass is 234 g/mol. The predicted molar refractivity (Wildman–Crippen MR) is 75.1 cm³/mol. The molecule has 0 saturated carbocycles. The molecule has 0 heterocycles. The first-order valence-electron chi connectivity index (χ1n) is 6.32. The second-order valence-corrected chi connectivity index (χ2v) is 6.35. The Hall–Kier alpha value is -0.860. The van der Waals surface area contributed by atoms with Crippen molar-refractivity contribution in [3.8, 4) is 0 Å². The van der Waals surface area contributed by atoms with Crippen LogP contribution in [0.5, 0.6) is 0 Å². The first kappa shape index (κ1) is 14.2. The van der Waals surface area contributed by atoms with E-state index in [0.717, 1.165) is 13.1 Å². The Balaban J connectivity index is 2.35. The lowest BCUT2D eigenvalue weighted by Crippen LogP contribution is -2.55. The van der Waals surface area contributed by atoms with Crippen LogP contribution < -0.4 is 10.6 Å². The molecule has 0 aliphatic rings. The van der Waals surface area contributed by atoms with Gasteiger partial charge in [-0.3, -0.25) is 0 Å². The second kappa shape index (κ2) is 5.65. The summed E-state index contributed by atoms with van der Waals surface area (Å²) in [4.78, 5) is 0. The molecule has 0 atom stereocenters. The summed E-state index contributed by atoms with van der Waals surface area (Å²) in [5, 5.41) is 7.12. The van der Waals surface area contributed by atoms with Crippen molar-refractivity contribution in [1.29, 1.82) is 0 Å². The largest absolute Gasteiger partial charge is 0.311 e. The molecular formula is C15H26N2. The van der Waals surface area contributed by atoms with Crippen molar-refractivity contribution in [3.05, 3.63) is 35.9 Å². The van der Waals surface area contributed by atoms with Crippen molar-refractivity contribution in [1.82, 2.24) is 10.6 Å². The van der Waals surface area contributed by atoms with Crippen LogP contribution in [0.4, 0.5) is 0 Å². The third-order valence-electron chi connectivity index (χ3n) is 2.45. The summed E-state index contributed by atoms with van der Waals surface area (Å²) < 4.78 is 0. The topological polar surface area (TPSA) is 24.1 Å². The molecule has 96 valence electrons. The Morgan fingerprint density at radius 3 is 2.06 bits per heavy atom. The molecule has 1 aromatic carbocycles. The fourth-order valence-corrected chi connectivity index (χ4v) is 2.17. The molecule has 2 heteroatoms. The second-order valence-electron chi connectivity index (χ2n) is 6.35. The summed E-state index contributed by atoms with van der Waals surface area (Å²) in [5.41, 5.74) is 1.59. The van der Waals surface area contributed by atoms with Gasteiger partial charge in [0.2, 0.25) is 0 Å². The average Bonchev–Trinajstić information content (AvgIpc) is 2.15. The van der Waals surface area contributed by atoms with E-state index in [-0.39, 0.29) is 11.1 Å². The van der Waals surface area contributed by atoms with Crippen LogP contribution in [0.1, 0.15) is 40.2 Å². The minimum absolute atomic E-state index is 0.104. The van der Waals surface area contributed by atoms with Gasteiger partial charge in [0.25, 0.3) is 0 Å². The van der Waals surface area contributed by atoms with Crippen LogP contribution in [0.2, 0.25) is 0 Å². The maximum Gasteiger partial charge on any atom is 0.0254 e. The molecule has 0 bridgehead atoms. The summed E-state index contributed by atoms with van der Waals surface area (Å²) in [7, 11) is 0. The first-order valence-corrected chi connectivity index (χ1v) is 6.32. The van der Waals surface area contributed by atoms with E-state index in [9.17, 15) is 0 Å². The quantitative estimate of drug-likeness (QED) is 0.818. The van der Waals surface area contributed by atoms with Crippen molar-refractivity contribution in [2.75, 3.05) is 6.54 Å². The van der Waals surface area contributed by atoms with Gasteiger partial charge in [0.1, 0.15) is 0 Å². The van der Waals surface area contributed by atoms with Crippen molar-refractivity contribution in [2.24, 2.45) is 0 Å². The van der Waals surface area contributed by atoms with Gasteiger partial charge in [0, 0.05) is 24.2 Å². The molecule has 2 N–H and O–H groups in total. The molecule has 0 saturated heterocycles. The number of nitrogens with one attached hydrogen (secondary N) is 2. The molecule has 0 aliphatic heterocycles. The lowest BCUT2D eigenvalue weighted by atomic mass is 9.99. The average molecular weight is 234 g/mol. The Morgan fingerprint density at radius 1 is 0.941 bits per heavy atom. The first-order chi connectivity index (χ1) is 7.79. The van der Waals surface area contributed by atoms with Crippen LogP contribution in [0.25, 0.3) is 0 Å². The van der Waals surface area contributed by atoms with Gasteiger partial charge in [-0.25, -0.2) is 0 Å². The molecule has 0 amide bonds. The normalized spacial score (nSPS) is 12.8. The van der Waals surface area contributed by atoms with Crippen molar-refractivity contribution < 1.29 is 0 Å².